The zero-order valence-corrected chi connectivity index (χ0v) is 33.1. The van der Waals surface area contributed by atoms with Crippen molar-refractivity contribution in [1.29, 1.82) is 0 Å². The van der Waals surface area contributed by atoms with E-state index < -0.39 is 0 Å². The number of rotatable bonds is 15. The normalized spacial score (nSPS) is 13.7. The lowest BCUT2D eigenvalue weighted by molar-refractivity contribution is 0.571. The molecule has 0 aromatic carbocycles. The first-order valence-corrected chi connectivity index (χ1v) is 20.2. The van der Waals surface area contributed by atoms with Crippen molar-refractivity contribution in [2.45, 2.75) is 84.0 Å². The number of aromatic nitrogens is 11. The summed E-state index contributed by atoms with van der Waals surface area (Å²) < 4.78 is 5.96. The van der Waals surface area contributed by atoms with E-state index >= 15 is 0 Å². The fourth-order valence-electron chi connectivity index (χ4n) is 7.02. The molecule has 4 N–H and O–H groups in total. The van der Waals surface area contributed by atoms with Gasteiger partial charge >= 0.3 is 11.4 Å². The Morgan fingerprint density at radius 2 is 1.24 bits per heavy atom. The van der Waals surface area contributed by atoms with Crippen molar-refractivity contribution in [2.24, 2.45) is 0 Å². The summed E-state index contributed by atoms with van der Waals surface area (Å²) in [5.41, 5.74) is 2.98. The topological polar surface area (TPSA) is 208 Å². The lowest BCUT2D eigenvalue weighted by Gasteiger charge is -2.09. The molecule has 2 saturated carbocycles. The number of fused-ring (bicyclic) bond motifs is 2. The first-order chi connectivity index (χ1) is 28.8. The Balaban J connectivity index is 0.000000167. The number of aryl methyl sites for hydroxylation is 2. The number of nitrogens with one attached hydrogen (secondary N) is 4. The molecule has 17 nitrogen and oxygen atoms in total. The number of H-pyrrole nitrogens is 2. The molecule has 0 atom stereocenters. The molecular weight excluding hydrogens is 751 g/mol. The summed E-state index contributed by atoms with van der Waals surface area (Å²) >= 11 is 0. The first kappa shape index (κ1) is 38.9. The highest BCUT2D eigenvalue weighted by molar-refractivity contribution is 5.76. The quantitative estimate of drug-likeness (QED) is 0.101. The van der Waals surface area contributed by atoms with Crippen molar-refractivity contribution in [3.63, 3.8) is 0 Å². The highest BCUT2D eigenvalue weighted by atomic mass is 16.2. The summed E-state index contributed by atoms with van der Waals surface area (Å²) in [6.07, 6.45) is 12.8. The second-order valence-corrected chi connectivity index (χ2v) is 14.8. The Labute approximate surface area is 338 Å². The van der Waals surface area contributed by atoms with Crippen molar-refractivity contribution >= 4 is 34.0 Å². The monoisotopic (exact) mass is 797 g/mol. The van der Waals surface area contributed by atoms with Crippen molar-refractivity contribution in [3.8, 4) is 22.8 Å². The maximum Gasteiger partial charge on any atom is 0.333 e. The molecule has 0 saturated heterocycles. The maximum atomic E-state index is 13.0. The highest BCUT2D eigenvalue weighted by Crippen LogP contribution is 2.33. The summed E-state index contributed by atoms with van der Waals surface area (Å²) in [7, 11) is 0. The van der Waals surface area contributed by atoms with Crippen LogP contribution in [0.25, 0.3) is 45.1 Å². The van der Waals surface area contributed by atoms with Crippen molar-refractivity contribution in [3.05, 3.63) is 121 Å². The minimum absolute atomic E-state index is 0.00682. The fraction of sp³-hybridized carbons (Fsp3) is 0.357. The third kappa shape index (κ3) is 8.13. The van der Waals surface area contributed by atoms with E-state index in [1.165, 1.54) is 9.13 Å². The van der Waals surface area contributed by atoms with Crippen molar-refractivity contribution in [2.75, 3.05) is 23.7 Å². The van der Waals surface area contributed by atoms with Crippen LogP contribution < -0.4 is 33.1 Å². The van der Waals surface area contributed by atoms with Crippen LogP contribution in [0.1, 0.15) is 70.2 Å². The van der Waals surface area contributed by atoms with E-state index in [0.29, 0.717) is 53.6 Å². The van der Waals surface area contributed by atoms with Gasteiger partial charge in [-0.3, -0.25) is 32.8 Å². The highest BCUT2D eigenvalue weighted by Gasteiger charge is 2.31. The van der Waals surface area contributed by atoms with Gasteiger partial charge in [-0.1, -0.05) is 26.0 Å². The number of aromatic amines is 2. The SMILES string of the molecule is C=CCNc1ccc(-c2nc3c([nH]2)c(=O)n(C2CC2)c(=O)n3CCC)cn1.CCCn1c(=O)n(C2CC2)c(=O)c2[nH]c(-c3ccc(NCCc4ccccn4)nc3)nc21. The van der Waals surface area contributed by atoms with Gasteiger partial charge in [0.1, 0.15) is 34.3 Å². The standard InChI is InChI=1S/C23H25N7O2.C19H22N6O2/c1-2-13-29-21-19(22(31)30(23(29)32)17-7-8-17)27-20(28-21)15-6-9-18(26-14-15)25-12-10-16-5-3-4-11-24-16;1-3-9-20-14-8-5-12(11-21-14)16-22-15-17(23-16)24(10-4-2)19(27)25(18(15)26)13-6-7-13/h3-6,9,11,14,17H,2,7-8,10,12-13H2,1H3,(H,25,26)(H,27,28);3,5,8,11,13H,1,4,6-7,9-10H2,2H3,(H,20,21)(H,22,23). The van der Waals surface area contributed by atoms with Gasteiger partial charge in [0.15, 0.2) is 11.3 Å². The van der Waals surface area contributed by atoms with Gasteiger partial charge in [0, 0.05) is 80.1 Å². The number of imidazole rings is 2. The molecule has 2 aliphatic carbocycles. The molecule has 0 radical (unpaired) electrons. The van der Waals surface area contributed by atoms with Crippen molar-refractivity contribution < 1.29 is 0 Å². The molecule has 59 heavy (non-hydrogen) atoms. The van der Waals surface area contributed by atoms with Gasteiger partial charge in [0.05, 0.1) is 0 Å². The third-order valence-electron chi connectivity index (χ3n) is 10.3. The number of pyridine rings is 3. The van der Waals surface area contributed by atoms with E-state index in [2.05, 4.69) is 52.1 Å². The van der Waals surface area contributed by atoms with Gasteiger partial charge < -0.3 is 20.6 Å². The molecule has 2 fully saturated rings. The lowest BCUT2D eigenvalue weighted by Crippen LogP contribution is -2.39. The molecule has 0 bridgehead atoms. The maximum absolute atomic E-state index is 13.0. The predicted molar refractivity (Wildman–Crippen MR) is 228 cm³/mol. The summed E-state index contributed by atoms with van der Waals surface area (Å²) in [6, 6.07) is 13.4. The summed E-state index contributed by atoms with van der Waals surface area (Å²) in [6.45, 7) is 10.0. The second-order valence-electron chi connectivity index (χ2n) is 14.8. The number of nitrogens with zero attached hydrogens (tertiary/aromatic N) is 9. The van der Waals surface area contributed by atoms with E-state index in [-0.39, 0.29) is 34.6 Å². The van der Waals surface area contributed by atoms with Crippen LogP contribution in [0.3, 0.4) is 0 Å². The van der Waals surface area contributed by atoms with Crippen LogP contribution in [-0.4, -0.2) is 66.2 Å². The lowest BCUT2D eigenvalue weighted by atomic mass is 10.2. The molecule has 17 heteroatoms. The van der Waals surface area contributed by atoms with Gasteiger partial charge in [-0.2, -0.15) is 0 Å². The molecular formula is C42H47N13O4. The van der Waals surface area contributed by atoms with Crippen molar-refractivity contribution in [1.82, 2.24) is 53.2 Å². The van der Waals surface area contributed by atoms with Crippen LogP contribution in [0.5, 0.6) is 0 Å². The summed E-state index contributed by atoms with van der Waals surface area (Å²) in [4.78, 5) is 80.1. The Hall–Kier alpha value is -6.91. The van der Waals surface area contributed by atoms with Gasteiger partial charge in [-0.25, -0.2) is 29.5 Å². The number of hydrogen-bond acceptors (Lipinski definition) is 11. The van der Waals surface area contributed by atoms with E-state index in [9.17, 15) is 19.2 Å². The number of anilines is 2. The average Bonchev–Trinajstić information content (AvgIpc) is 4.19. The van der Waals surface area contributed by atoms with Crippen LogP contribution in [0.2, 0.25) is 0 Å². The predicted octanol–water partition coefficient (Wildman–Crippen LogP) is 5.03. The van der Waals surface area contributed by atoms with Gasteiger partial charge in [0.2, 0.25) is 0 Å². The Morgan fingerprint density at radius 1 is 0.712 bits per heavy atom. The van der Waals surface area contributed by atoms with Crippen LogP contribution in [-0.2, 0) is 19.5 Å². The van der Waals surface area contributed by atoms with E-state index in [0.717, 1.165) is 79.9 Å². The zero-order chi connectivity index (χ0) is 41.0. The molecule has 2 aliphatic rings. The minimum atomic E-state index is -0.292. The fourth-order valence-corrected chi connectivity index (χ4v) is 7.02. The van der Waals surface area contributed by atoms with Crippen LogP contribution >= 0.6 is 0 Å². The number of hydrogen-bond donors (Lipinski definition) is 4. The molecule has 0 unspecified atom stereocenters. The van der Waals surface area contributed by atoms with Gasteiger partial charge in [-0.15, -0.1) is 6.58 Å². The molecule has 0 amide bonds. The van der Waals surface area contributed by atoms with Crippen LogP contribution in [0.15, 0.2) is 92.9 Å². The van der Waals surface area contributed by atoms with E-state index in [1.54, 1.807) is 33.8 Å². The molecule has 7 heterocycles. The second kappa shape index (κ2) is 16.9. The molecule has 0 spiro atoms. The van der Waals surface area contributed by atoms with Gasteiger partial charge in [-0.05, 0) is 74.9 Å². The van der Waals surface area contributed by atoms with Crippen LogP contribution in [0.4, 0.5) is 11.6 Å². The third-order valence-corrected chi connectivity index (χ3v) is 10.3. The largest absolute Gasteiger partial charge is 0.370 e. The minimum Gasteiger partial charge on any atom is -0.370 e. The molecule has 7 aromatic heterocycles. The first-order valence-electron chi connectivity index (χ1n) is 20.2. The summed E-state index contributed by atoms with van der Waals surface area (Å²) in [5, 5.41) is 6.40. The molecule has 7 aromatic rings. The molecule has 0 aliphatic heterocycles. The van der Waals surface area contributed by atoms with E-state index in [1.807, 2.05) is 56.3 Å². The Kier molecular flexibility index (Phi) is 11.2. The van der Waals surface area contributed by atoms with E-state index in [4.69, 9.17) is 0 Å². The molecule has 9 rings (SSSR count). The Morgan fingerprint density at radius 3 is 1.66 bits per heavy atom. The van der Waals surface area contributed by atoms with Crippen LogP contribution in [0, 0.1) is 0 Å². The Bertz CT molecular complexity index is 2840. The summed E-state index contributed by atoms with van der Waals surface area (Å²) in [5.74, 6) is 2.54. The van der Waals surface area contributed by atoms with Gasteiger partial charge in [0.25, 0.3) is 11.1 Å². The average molecular weight is 798 g/mol. The smallest absolute Gasteiger partial charge is 0.333 e. The zero-order valence-electron chi connectivity index (χ0n) is 33.1. The molecule has 304 valence electrons.